The molecule has 0 aliphatic heterocycles. The van der Waals surface area contributed by atoms with E-state index in [1.807, 2.05) is 23.5 Å². The van der Waals surface area contributed by atoms with Gasteiger partial charge in [-0.15, -0.1) is 11.3 Å². The lowest BCUT2D eigenvalue weighted by molar-refractivity contribution is 0.246. The largest absolute Gasteiger partial charge is 0.398 e. The standard InChI is InChI=1S/C16H21N3S/c1-11-12(2)20-16(18-11)10-19(14-7-8-14)9-13-5-3-4-6-15(13)17/h3-6,14H,7-10,17H2,1-2H3. The lowest BCUT2D eigenvalue weighted by Crippen LogP contribution is -2.25. The van der Waals surface area contributed by atoms with Crippen molar-refractivity contribution in [1.29, 1.82) is 0 Å². The fourth-order valence-electron chi connectivity index (χ4n) is 2.43. The molecule has 0 spiro atoms. The maximum atomic E-state index is 6.07. The van der Waals surface area contributed by atoms with Crippen molar-refractivity contribution in [3.05, 3.63) is 45.4 Å². The Balaban J connectivity index is 1.75. The van der Waals surface area contributed by atoms with E-state index in [1.54, 1.807) is 0 Å². The van der Waals surface area contributed by atoms with Crippen LogP contribution in [-0.2, 0) is 13.1 Å². The minimum absolute atomic E-state index is 0.708. The van der Waals surface area contributed by atoms with Gasteiger partial charge in [-0.1, -0.05) is 18.2 Å². The highest BCUT2D eigenvalue weighted by Crippen LogP contribution is 2.31. The highest BCUT2D eigenvalue weighted by Gasteiger charge is 2.30. The van der Waals surface area contributed by atoms with Crippen molar-refractivity contribution < 1.29 is 0 Å². The second kappa shape index (κ2) is 5.54. The molecule has 3 nitrogen and oxygen atoms in total. The third-order valence-corrected chi connectivity index (χ3v) is 4.96. The number of nitrogen functional groups attached to an aromatic ring is 1. The van der Waals surface area contributed by atoms with E-state index in [0.29, 0.717) is 6.04 Å². The number of para-hydroxylation sites is 1. The molecule has 1 aromatic carbocycles. The quantitative estimate of drug-likeness (QED) is 0.856. The molecule has 0 atom stereocenters. The molecule has 2 N–H and O–H groups in total. The number of thiazole rings is 1. The molecule has 0 bridgehead atoms. The van der Waals surface area contributed by atoms with Gasteiger partial charge in [-0.2, -0.15) is 0 Å². The molecule has 106 valence electrons. The van der Waals surface area contributed by atoms with E-state index in [2.05, 4.69) is 35.9 Å². The zero-order valence-electron chi connectivity index (χ0n) is 12.1. The normalized spacial score (nSPS) is 14.9. The summed E-state index contributed by atoms with van der Waals surface area (Å²) < 4.78 is 0. The number of hydrogen-bond donors (Lipinski definition) is 1. The molecule has 1 fully saturated rings. The highest BCUT2D eigenvalue weighted by atomic mass is 32.1. The Kier molecular flexibility index (Phi) is 3.76. The summed E-state index contributed by atoms with van der Waals surface area (Å²) in [4.78, 5) is 8.52. The van der Waals surface area contributed by atoms with Gasteiger partial charge in [-0.3, -0.25) is 4.90 Å². The van der Waals surface area contributed by atoms with E-state index in [4.69, 9.17) is 5.73 Å². The lowest BCUT2D eigenvalue weighted by atomic mass is 10.1. The fourth-order valence-corrected chi connectivity index (χ4v) is 3.39. The van der Waals surface area contributed by atoms with Crippen molar-refractivity contribution in [2.24, 2.45) is 0 Å². The maximum absolute atomic E-state index is 6.07. The predicted octanol–water partition coefficient (Wildman–Crippen LogP) is 3.51. The van der Waals surface area contributed by atoms with Gasteiger partial charge in [0.1, 0.15) is 5.01 Å². The smallest absolute Gasteiger partial charge is 0.107 e. The number of benzene rings is 1. The van der Waals surface area contributed by atoms with Gasteiger partial charge in [0.25, 0.3) is 0 Å². The van der Waals surface area contributed by atoms with E-state index >= 15 is 0 Å². The topological polar surface area (TPSA) is 42.2 Å². The van der Waals surface area contributed by atoms with E-state index in [0.717, 1.165) is 18.8 Å². The summed E-state index contributed by atoms with van der Waals surface area (Å²) in [5, 5.41) is 1.22. The number of nitrogens with zero attached hydrogens (tertiary/aromatic N) is 2. The molecule has 0 saturated heterocycles. The van der Waals surface area contributed by atoms with Gasteiger partial charge in [-0.25, -0.2) is 4.98 Å². The number of aryl methyl sites for hydroxylation is 2. The van der Waals surface area contributed by atoms with Crippen LogP contribution in [0.15, 0.2) is 24.3 Å². The van der Waals surface area contributed by atoms with Crippen LogP contribution in [0.2, 0.25) is 0 Å². The van der Waals surface area contributed by atoms with Crippen LogP contribution < -0.4 is 5.73 Å². The molecule has 2 aromatic rings. The Morgan fingerprint density at radius 1 is 1.25 bits per heavy atom. The van der Waals surface area contributed by atoms with Crippen LogP contribution in [0.1, 0.15) is 34.0 Å². The molecule has 1 heterocycles. The van der Waals surface area contributed by atoms with E-state index in [9.17, 15) is 0 Å². The van der Waals surface area contributed by atoms with Gasteiger partial charge in [0.05, 0.1) is 12.2 Å². The number of hydrogen-bond acceptors (Lipinski definition) is 4. The lowest BCUT2D eigenvalue weighted by Gasteiger charge is -2.21. The van der Waals surface area contributed by atoms with E-state index < -0.39 is 0 Å². The van der Waals surface area contributed by atoms with Crippen molar-refractivity contribution in [3.63, 3.8) is 0 Å². The SMILES string of the molecule is Cc1nc(CN(Cc2ccccc2N)C2CC2)sc1C. The van der Waals surface area contributed by atoms with E-state index in [-0.39, 0.29) is 0 Å². The van der Waals surface area contributed by atoms with Crippen LogP contribution in [0.5, 0.6) is 0 Å². The van der Waals surface area contributed by atoms with Crippen LogP contribution in [0, 0.1) is 13.8 Å². The summed E-state index contributed by atoms with van der Waals surface area (Å²) in [6.07, 6.45) is 2.60. The summed E-state index contributed by atoms with van der Waals surface area (Å²) in [7, 11) is 0. The Morgan fingerprint density at radius 2 is 2.00 bits per heavy atom. The third-order valence-electron chi connectivity index (χ3n) is 3.90. The van der Waals surface area contributed by atoms with Gasteiger partial charge < -0.3 is 5.73 Å². The molecule has 1 aromatic heterocycles. The van der Waals surface area contributed by atoms with Gasteiger partial charge in [0.2, 0.25) is 0 Å². The first-order valence-electron chi connectivity index (χ1n) is 7.14. The fraction of sp³-hybridized carbons (Fsp3) is 0.438. The molecule has 20 heavy (non-hydrogen) atoms. The molecule has 0 radical (unpaired) electrons. The van der Waals surface area contributed by atoms with Crippen LogP contribution in [-0.4, -0.2) is 15.9 Å². The molecule has 0 unspecified atom stereocenters. The van der Waals surface area contributed by atoms with Crippen LogP contribution in [0.4, 0.5) is 5.69 Å². The monoisotopic (exact) mass is 287 g/mol. The third kappa shape index (κ3) is 3.02. The van der Waals surface area contributed by atoms with Gasteiger partial charge in [0, 0.05) is 23.2 Å². The van der Waals surface area contributed by atoms with Crippen molar-refractivity contribution in [3.8, 4) is 0 Å². The molecule has 1 aliphatic rings. The van der Waals surface area contributed by atoms with Gasteiger partial charge >= 0.3 is 0 Å². The molecule has 0 amide bonds. The summed E-state index contributed by atoms with van der Waals surface area (Å²) >= 11 is 1.82. The minimum Gasteiger partial charge on any atom is -0.398 e. The Labute approximate surface area is 124 Å². The first-order chi connectivity index (χ1) is 9.63. The van der Waals surface area contributed by atoms with Gasteiger partial charge in [0.15, 0.2) is 0 Å². The molecule has 4 heteroatoms. The first kappa shape index (κ1) is 13.6. The van der Waals surface area contributed by atoms with Crippen molar-refractivity contribution in [1.82, 2.24) is 9.88 Å². The molecular formula is C16H21N3S. The molecular weight excluding hydrogens is 266 g/mol. The molecule has 1 saturated carbocycles. The Hall–Kier alpha value is -1.39. The van der Waals surface area contributed by atoms with Gasteiger partial charge in [-0.05, 0) is 38.3 Å². The maximum Gasteiger partial charge on any atom is 0.107 e. The van der Waals surface area contributed by atoms with Crippen molar-refractivity contribution >= 4 is 17.0 Å². The number of rotatable bonds is 5. The predicted molar refractivity (Wildman–Crippen MR) is 84.7 cm³/mol. The summed E-state index contributed by atoms with van der Waals surface area (Å²) in [5.41, 5.74) is 9.36. The van der Waals surface area contributed by atoms with Crippen molar-refractivity contribution in [2.45, 2.75) is 45.8 Å². The summed E-state index contributed by atoms with van der Waals surface area (Å²) in [6, 6.07) is 8.88. The number of nitrogens with two attached hydrogens (primary N) is 1. The Bertz CT molecular complexity index is 582. The second-order valence-corrected chi connectivity index (χ2v) is 6.87. The van der Waals surface area contributed by atoms with Crippen LogP contribution in [0.3, 0.4) is 0 Å². The Morgan fingerprint density at radius 3 is 2.60 bits per heavy atom. The van der Waals surface area contributed by atoms with Crippen LogP contribution >= 0.6 is 11.3 Å². The van der Waals surface area contributed by atoms with Crippen molar-refractivity contribution in [2.75, 3.05) is 5.73 Å². The molecule has 1 aliphatic carbocycles. The second-order valence-electron chi connectivity index (χ2n) is 5.58. The van der Waals surface area contributed by atoms with Crippen LogP contribution in [0.25, 0.3) is 0 Å². The average Bonchev–Trinajstić information content (AvgIpc) is 3.20. The van der Waals surface area contributed by atoms with E-state index in [1.165, 1.54) is 34.0 Å². The zero-order chi connectivity index (χ0) is 14.1. The summed E-state index contributed by atoms with van der Waals surface area (Å²) in [5.74, 6) is 0. The first-order valence-corrected chi connectivity index (χ1v) is 7.95. The zero-order valence-corrected chi connectivity index (χ0v) is 12.9. The number of aromatic nitrogens is 1. The number of anilines is 1. The minimum atomic E-state index is 0.708. The molecule has 3 rings (SSSR count). The summed E-state index contributed by atoms with van der Waals surface area (Å²) in [6.45, 7) is 6.10. The average molecular weight is 287 g/mol. The highest BCUT2D eigenvalue weighted by molar-refractivity contribution is 7.11.